The van der Waals surface area contributed by atoms with Crippen LogP contribution in [0.4, 0.5) is 0 Å². The van der Waals surface area contributed by atoms with Crippen LogP contribution in [-0.4, -0.2) is 36.7 Å². The summed E-state index contributed by atoms with van der Waals surface area (Å²) in [5.74, 6) is -6.02. The molecule has 0 saturated heterocycles. The van der Waals surface area contributed by atoms with Gasteiger partial charge in [0.15, 0.2) is 0 Å². The highest BCUT2D eigenvalue weighted by Gasteiger charge is 2.42. The molecule has 6 heteroatoms. The first-order chi connectivity index (χ1) is 10.9. The van der Waals surface area contributed by atoms with Gasteiger partial charge in [0.25, 0.3) is 0 Å². The Morgan fingerprint density at radius 1 is 0.957 bits per heavy atom. The van der Waals surface area contributed by atoms with Crippen LogP contribution in [0.2, 0.25) is 0 Å². The highest BCUT2D eigenvalue weighted by atomic mass is 16.5. The van der Waals surface area contributed by atoms with Gasteiger partial charge in [-0.1, -0.05) is 30.3 Å². The van der Waals surface area contributed by atoms with E-state index in [2.05, 4.69) is 0 Å². The maximum Gasteiger partial charge on any atom is 0.375 e. The molecule has 0 amide bonds. The second-order valence-corrected chi connectivity index (χ2v) is 4.81. The second kappa shape index (κ2) is 8.82. The second-order valence-electron chi connectivity index (χ2n) is 4.81. The molecule has 1 aromatic carbocycles. The normalized spacial score (nSPS) is 12.8. The predicted molar refractivity (Wildman–Crippen MR) is 81.6 cm³/mol. The Morgan fingerprint density at radius 3 is 2.00 bits per heavy atom. The topological polar surface area (TPSA) is 86.7 Å². The fourth-order valence-corrected chi connectivity index (χ4v) is 2.25. The van der Waals surface area contributed by atoms with Crippen LogP contribution in [0.25, 0.3) is 0 Å². The Balaban J connectivity index is 3.31. The van der Waals surface area contributed by atoms with Crippen molar-refractivity contribution < 1.29 is 28.7 Å². The lowest BCUT2D eigenvalue weighted by Crippen LogP contribution is -2.38. The first kappa shape index (κ1) is 18.5. The van der Waals surface area contributed by atoms with E-state index in [1.807, 2.05) is 0 Å². The molecule has 6 nitrogen and oxygen atoms in total. The van der Waals surface area contributed by atoms with Crippen molar-refractivity contribution in [2.75, 3.05) is 13.2 Å². The molecule has 0 fully saturated rings. The molecule has 0 spiro atoms. The highest BCUT2D eigenvalue weighted by molar-refractivity contribution is 6.37. The van der Waals surface area contributed by atoms with Gasteiger partial charge in [0.05, 0.1) is 19.1 Å². The lowest BCUT2D eigenvalue weighted by atomic mass is 9.80. The number of carbonyl (C=O) groups is 4. The molecule has 0 aliphatic rings. The van der Waals surface area contributed by atoms with Crippen molar-refractivity contribution in [3.8, 4) is 0 Å². The van der Waals surface area contributed by atoms with Crippen LogP contribution >= 0.6 is 0 Å². The number of carbonyl (C=O) groups excluding carboxylic acids is 4. The number of hydrogen-bond donors (Lipinski definition) is 0. The number of ether oxygens (including phenoxy) is 2. The molecule has 0 saturated carbocycles. The van der Waals surface area contributed by atoms with Gasteiger partial charge >= 0.3 is 11.9 Å². The fourth-order valence-electron chi connectivity index (χ4n) is 2.25. The van der Waals surface area contributed by atoms with Gasteiger partial charge in [-0.3, -0.25) is 14.4 Å². The minimum absolute atomic E-state index is 0.0240. The Bertz CT molecular complexity index is 578. The molecular formula is C17H20O6. The number of rotatable bonds is 8. The Kier molecular flexibility index (Phi) is 7.12. The third kappa shape index (κ3) is 4.74. The van der Waals surface area contributed by atoms with Crippen molar-refractivity contribution in [3.63, 3.8) is 0 Å². The van der Waals surface area contributed by atoms with Crippen LogP contribution in [0.1, 0.15) is 32.3 Å². The monoisotopic (exact) mass is 320 g/mol. The summed E-state index contributed by atoms with van der Waals surface area (Å²) in [4.78, 5) is 48.4. The minimum Gasteiger partial charge on any atom is -0.465 e. The summed E-state index contributed by atoms with van der Waals surface area (Å²) in [6, 6.07) is 8.20. The first-order valence-electron chi connectivity index (χ1n) is 7.37. The molecule has 2 atom stereocenters. The summed E-state index contributed by atoms with van der Waals surface area (Å²) < 4.78 is 9.62. The number of hydrogen-bond acceptors (Lipinski definition) is 6. The zero-order valence-electron chi connectivity index (χ0n) is 13.4. The largest absolute Gasteiger partial charge is 0.465 e. The van der Waals surface area contributed by atoms with Crippen molar-refractivity contribution in [3.05, 3.63) is 35.9 Å². The van der Waals surface area contributed by atoms with Gasteiger partial charge in [-0.2, -0.15) is 0 Å². The molecule has 0 radical (unpaired) electrons. The number of benzene rings is 1. The third-order valence-corrected chi connectivity index (χ3v) is 3.23. The average molecular weight is 320 g/mol. The minimum atomic E-state index is -1.38. The Labute approximate surface area is 134 Å². The molecule has 0 bridgehead atoms. The molecule has 2 unspecified atom stereocenters. The van der Waals surface area contributed by atoms with Crippen molar-refractivity contribution in [2.45, 2.75) is 26.7 Å². The van der Waals surface area contributed by atoms with Crippen molar-refractivity contribution >= 4 is 23.5 Å². The van der Waals surface area contributed by atoms with Gasteiger partial charge in [-0.25, -0.2) is 4.79 Å². The average Bonchev–Trinajstić information content (AvgIpc) is 2.52. The van der Waals surface area contributed by atoms with E-state index in [1.165, 1.54) is 6.92 Å². The summed E-state index contributed by atoms with van der Waals surface area (Å²) in [6.45, 7) is 4.44. The van der Waals surface area contributed by atoms with Gasteiger partial charge in [0.2, 0.25) is 5.78 Å². The van der Waals surface area contributed by atoms with Crippen LogP contribution in [0.3, 0.4) is 0 Å². The molecule has 0 aliphatic heterocycles. The summed E-state index contributed by atoms with van der Waals surface area (Å²) in [5.41, 5.74) is 0.388. The smallest absolute Gasteiger partial charge is 0.375 e. The zero-order valence-corrected chi connectivity index (χ0v) is 13.4. The van der Waals surface area contributed by atoms with E-state index in [-0.39, 0.29) is 13.2 Å². The molecule has 0 aliphatic carbocycles. The quantitative estimate of drug-likeness (QED) is 0.411. The maximum absolute atomic E-state index is 12.5. The van der Waals surface area contributed by atoms with Crippen LogP contribution in [0.15, 0.2) is 30.3 Å². The summed E-state index contributed by atoms with van der Waals surface area (Å²) in [6.07, 6.45) is 0. The van der Waals surface area contributed by atoms with E-state index in [0.717, 1.165) is 0 Å². The highest BCUT2D eigenvalue weighted by Crippen LogP contribution is 2.28. The third-order valence-electron chi connectivity index (χ3n) is 3.23. The summed E-state index contributed by atoms with van der Waals surface area (Å²) >= 11 is 0. The van der Waals surface area contributed by atoms with Gasteiger partial charge in [-0.15, -0.1) is 0 Å². The summed E-state index contributed by atoms with van der Waals surface area (Å²) in [7, 11) is 0. The predicted octanol–water partition coefficient (Wildman–Crippen LogP) is 1.67. The van der Waals surface area contributed by atoms with E-state index in [4.69, 9.17) is 9.47 Å². The first-order valence-corrected chi connectivity index (χ1v) is 7.37. The van der Waals surface area contributed by atoms with Crippen LogP contribution < -0.4 is 0 Å². The number of Topliss-reactive ketones (excluding diaryl/α,β-unsaturated/α-hetero) is 2. The summed E-state index contributed by atoms with van der Waals surface area (Å²) in [5, 5.41) is 0. The Morgan fingerprint density at radius 2 is 1.52 bits per heavy atom. The van der Waals surface area contributed by atoms with Gasteiger partial charge in [-0.05, 0) is 26.3 Å². The Hall–Kier alpha value is -2.50. The molecule has 1 rings (SSSR count). The fraction of sp³-hybridized carbons (Fsp3) is 0.412. The van der Waals surface area contributed by atoms with E-state index in [0.29, 0.717) is 5.56 Å². The SMILES string of the molecule is CCOC(=O)C(=O)C(c1ccccc1)C(C(C)=O)C(=O)OCC. The standard InChI is InChI=1S/C17H20O6/c1-4-22-16(20)13(11(3)18)14(12-9-7-6-8-10-12)15(19)17(21)23-5-2/h6-10,13-14H,4-5H2,1-3H3. The molecular weight excluding hydrogens is 300 g/mol. The van der Waals surface area contributed by atoms with Gasteiger partial charge < -0.3 is 9.47 Å². The van der Waals surface area contributed by atoms with E-state index < -0.39 is 35.3 Å². The van der Waals surface area contributed by atoms with Crippen LogP contribution in [0, 0.1) is 5.92 Å². The van der Waals surface area contributed by atoms with E-state index in [9.17, 15) is 19.2 Å². The number of esters is 2. The lowest BCUT2D eigenvalue weighted by molar-refractivity contribution is -0.159. The van der Waals surface area contributed by atoms with Gasteiger partial charge in [0, 0.05) is 0 Å². The molecule has 0 N–H and O–H groups in total. The maximum atomic E-state index is 12.5. The molecule has 1 aromatic rings. The molecule has 0 aromatic heterocycles. The van der Waals surface area contributed by atoms with Crippen molar-refractivity contribution in [1.29, 1.82) is 0 Å². The van der Waals surface area contributed by atoms with E-state index in [1.54, 1.807) is 44.2 Å². The van der Waals surface area contributed by atoms with Crippen LogP contribution in [-0.2, 0) is 28.7 Å². The van der Waals surface area contributed by atoms with Gasteiger partial charge in [0.1, 0.15) is 11.7 Å². The van der Waals surface area contributed by atoms with Crippen LogP contribution in [0.5, 0.6) is 0 Å². The lowest BCUT2D eigenvalue weighted by Gasteiger charge is -2.22. The van der Waals surface area contributed by atoms with E-state index >= 15 is 0 Å². The molecule has 23 heavy (non-hydrogen) atoms. The number of ketones is 2. The van der Waals surface area contributed by atoms with Crippen molar-refractivity contribution in [2.24, 2.45) is 5.92 Å². The molecule has 124 valence electrons. The van der Waals surface area contributed by atoms with Crippen molar-refractivity contribution in [1.82, 2.24) is 0 Å². The zero-order chi connectivity index (χ0) is 17.4. The molecule has 0 heterocycles.